The third-order valence-electron chi connectivity index (χ3n) is 5.86. The van der Waals surface area contributed by atoms with E-state index in [0.29, 0.717) is 23.6 Å². The van der Waals surface area contributed by atoms with Crippen LogP contribution in [0.2, 0.25) is 0 Å². The first kappa shape index (κ1) is 20.7. The molecule has 0 spiro atoms. The molecular formula is C29H24N2O2. The molecule has 4 heteroatoms. The van der Waals surface area contributed by atoms with E-state index >= 15 is 0 Å². The Morgan fingerprint density at radius 1 is 0.818 bits per heavy atom. The summed E-state index contributed by atoms with van der Waals surface area (Å²) in [5.41, 5.74) is 4.50. The maximum absolute atomic E-state index is 13.3. The predicted octanol–water partition coefficient (Wildman–Crippen LogP) is 6.45. The van der Waals surface area contributed by atoms with Crippen molar-refractivity contribution in [2.24, 2.45) is 0 Å². The van der Waals surface area contributed by atoms with Gasteiger partial charge >= 0.3 is 0 Å². The van der Waals surface area contributed by atoms with E-state index in [-0.39, 0.29) is 11.8 Å². The molecule has 0 aliphatic heterocycles. The zero-order chi connectivity index (χ0) is 22.5. The van der Waals surface area contributed by atoms with Gasteiger partial charge in [0.1, 0.15) is 5.69 Å². The number of nitrogens with zero attached hydrogens (tertiary/aromatic N) is 1. The molecule has 5 aromatic rings. The lowest BCUT2D eigenvalue weighted by atomic mass is 9.88. The van der Waals surface area contributed by atoms with Gasteiger partial charge in [0, 0.05) is 17.8 Å². The van der Waals surface area contributed by atoms with Gasteiger partial charge < -0.3 is 9.73 Å². The Labute approximate surface area is 192 Å². The monoisotopic (exact) mass is 432 g/mol. The van der Waals surface area contributed by atoms with Gasteiger partial charge in [-0.25, -0.2) is 4.98 Å². The number of aromatic nitrogens is 1. The summed E-state index contributed by atoms with van der Waals surface area (Å²) in [5, 5.41) is 3.96. The molecule has 162 valence electrons. The van der Waals surface area contributed by atoms with Crippen molar-refractivity contribution in [2.75, 3.05) is 6.54 Å². The van der Waals surface area contributed by atoms with Gasteiger partial charge in [-0.1, -0.05) is 78.9 Å². The maximum atomic E-state index is 13.3. The summed E-state index contributed by atoms with van der Waals surface area (Å²) in [4.78, 5) is 17.9. The zero-order valence-corrected chi connectivity index (χ0v) is 18.1. The average molecular weight is 433 g/mol. The van der Waals surface area contributed by atoms with Gasteiger partial charge in [-0.05, 0) is 41.8 Å². The van der Waals surface area contributed by atoms with E-state index in [0.717, 1.165) is 17.3 Å². The van der Waals surface area contributed by atoms with Crippen molar-refractivity contribution in [3.05, 3.63) is 126 Å². The number of fused-ring (bicyclic) bond motifs is 1. The van der Waals surface area contributed by atoms with Crippen molar-refractivity contribution >= 4 is 16.8 Å². The van der Waals surface area contributed by atoms with Gasteiger partial charge in [-0.3, -0.25) is 4.79 Å². The molecule has 0 unspecified atom stereocenters. The molecule has 2 heterocycles. The molecule has 0 radical (unpaired) electrons. The molecule has 2 aromatic heterocycles. The van der Waals surface area contributed by atoms with Gasteiger partial charge in [-0.15, -0.1) is 0 Å². The highest BCUT2D eigenvalue weighted by Crippen LogP contribution is 2.28. The third-order valence-corrected chi connectivity index (χ3v) is 5.86. The van der Waals surface area contributed by atoms with Crippen LogP contribution in [-0.2, 0) is 0 Å². The Balaban J connectivity index is 1.38. The Hall–Kier alpha value is -4.18. The second-order valence-electron chi connectivity index (χ2n) is 7.97. The van der Waals surface area contributed by atoms with Gasteiger partial charge in [-0.2, -0.15) is 0 Å². The Kier molecular flexibility index (Phi) is 5.98. The highest BCUT2D eigenvalue weighted by atomic mass is 16.3. The lowest BCUT2D eigenvalue weighted by Crippen LogP contribution is -2.26. The number of benzene rings is 3. The van der Waals surface area contributed by atoms with Gasteiger partial charge in [0.05, 0.1) is 17.3 Å². The number of hydrogen-bond acceptors (Lipinski definition) is 3. The van der Waals surface area contributed by atoms with Crippen LogP contribution < -0.4 is 5.32 Å². The summed E-state index contributed by atoms with van der Waals surface area (Å²) in [7, 11) is 0. The Bertz CT molecular complexity index is 1310. The van der Waals surface area contributed by atoms with Crippen LogP contribution in [0.1, 0.15) is 33.8 Å². The molecular weight excluding hydrogens is 408 g/mol. The Morgan fingerprint density at radius 3 is 2.15 bits per heavy atom. The Morgan fingerprint density at radius 2 is 1.48 bits per heavy atom. The molecule has 0 atom stereocenters. The molecule has 0 aliphatic carbocycles. The first-order valence-corrected chi connectivity index (χ1v) is 11.1. The number of amides is 1. The maximum Gasteiger partial charge on any atom is 0.252 e. The number of hydrogen-bond donors (Lipinski definition) is 1. The summed E-state index contributed by atoms with van der Waals surface area (Å²) in [6, 6.07) is 34.0. The van der Waals surface area contributed by atoms with Crippen LogP contribution in [0.4, 0.5) is 0 Å². The molecule has 0 saturated carbocycles. The largest absolute Gasteiger partial charge is 0.463 e. The number of para-hydroxylation sites is 1. The predicted molar refractivity (Wildman–Crippen MR) is 131 cm³/mol. The quantitative estimate of drug-likeness (QED) is 0.322. The SMILES string of the molecule is O=C(NCCC(c1ccccc1)c1ccccc1)c1cc(-c2ccco2)nc2ccccc12. The van der Waals surface area contributed by atoms with Crippen LogP contribution in [0.25, 0.3) is 22.4 Å². The second kappa shape index (κ2) is 9.53. The highest BCUT2D eigenvalue weighted by molar-refractivity contribution is 6.07. The molecule has 3 aromatic carbocycles. The van der Waals surface area contributed by atoms with Crippen LogP contribution in [0.3, 0.4) is 0 Å². The van der Waals surface area contributed by atoms with Crippen LogP contribution in [0.15, 0.2) is 114 Å². The summed E-state index contributed by atoms with van der Waals surface area (Å²) >= 11 is 0. The molecule has 0 saturated heterocycles. The van der Waals surface area contributed by atoms with Gasteiger partial charge in [0.2, 0.25) is 0 Å². The fourth-order valence-corrected chi connectivity index (χ4v) is 4.24. The second-order valence-corrected chi connectivity index (χ2v) is 7.97. The zero-order valence-electron chi connectivity index (χ0n) is 18.1. The van der Waals surface area contributed by atoms with E-state index in [1.165, 1.54) is 11.1 Å². The third kappa shape index (κ3) is 4.55. The highest BCUT2D eigenvalue weighted by Gasteiger charge is 2.17. The van der Waals surface area contributed by atoms with Crippen LogP contribution in [0.5, 0.6) is 0 Å². The molecule has 1 N–H and O–H groups in total. The van der Waals surface area contributed by atoms with E-state index in [2.05, 4.69) is 58.8 Å². The summed E-state index contributed by atoms with van der Waals surface area (Å²) in [6.07, 6.45) is 2.41. The standard InChI is InChI=1S/C29H24N2O2/c32-29(25-20-27(28-16-9-19-33-28)31-26-15-8-7-14-24(25)26)30-18-17-23(21-10-3-1-4-11-21)22-12-5-2-6-13-22/h1-16,19-20,23H,17-18H2,(H,30,32). The van der Waals surface area contributed by atoms with Crippen molar-refractivity contribution in [2.45, 2.75) is 12.3 Å². The minimum Gasteiger partial charge on any atom is -0.463 e. The van der Waals surface area contributed by atoms with Gasteiger partial charge in [0.25, 0.3) is 5.91 Å². The average Bonchev–Trinajstić information content (AvgIpc) is 3.42. The summed E-state index contributed by atoms with van der Waals surface area (Å²) in [6.45, 7) is 0.556. The van der Waals surface area contributed by atoms with E-state index in [1.54, 1.807) is 6.26 Å². The lowest BCUT2D eigenvalue weighted by Gasteiger charge is -2.18. The van der Waals surface area contributed by atoms with E-state index in [4.69, 9.17) is 4.42 Å². The molecule has 0 fully saturated rings. The topological polar surface area (TPSA) is 55.1 Å². The molecule has 5 rings (SSSR count). The van der Waals surface area contributed by atoms with Crippen LogP contribution in [0, 0.1) is 0 Å². The molecule has 4 nitrogen and oxygen atoms in total. The minimum absolute atomic E-state index is 0.110. The van der Waals surface area contributed by atoms with Crippen molar-refractivity contribution in [1.82, 2.24) is 10.3 Å². The number of furan rings is 1. The minimum atomic E-state index is -0.110. The fourth-order valence-electron chi connectivity index (χ4n) is 4.24. The van der Waals surface area contributed by atoms with Crippen LogP contribution in [-0.4, -0.2) is 17.4 Å². The number of pyridine rings is 1. The van der Waals surface area contributed by atoms with Crippen LogP contribution >= 0.6 is 0 Å². The first-order chi connectivity index (χ1) is 16.3. The smallest absolute Gasteiger partial charge is 0.252 e. The molecule has 0 aliphatic rings. The van der Waals surface area contributed by atoms with E-state index in [9.17, 15) is 4.79 Å². The number of carbonyl (C=O) groups is 1. The van der Waals surface area contributed by atoms with Crippen molar-refractivity contribution in [3.8, 4) is 11.5 Å². The molecule has 1 amide bonds. The molecule has 0 bridgehead atoms. The number of carbonyl (C=O) groups excluding carboxylic acids is 1. The lowest BCUT2D eigenvalue weighted by molar-refractivity contribution is 0.0954. The normalized spacial score (nSPS) is 11.1. The van der Waals surface area contributed by atoms with E-state index < -0.39 is 0 Å². The van der Waals surface area contributed by atoms with Crippen molar-refractivity contribution < 1.29 is 9.21 Å². The summed E-state index contributed by atoms with van der Waals surface area (Å²) in [5.74, 6) is 0.741. The fraction of sp³-hybridized carbons (Fsp3) is 0.103. The number of nitrogens with one attached hydrogen (secondary N) is 1. The van der Waals surface area contributed by atoms with Crippen molar-refractivity contribution in [1.29, 1.82) is 0 Å². The first-order valence-electron chi connectivity index (χ1n) is 11.1. The number of rotatable bonds is 7. The van der Waals surface area contributed by atoms with Gasteiger partial charge in [0.15, 0.2) is 5.76 Å². The summed E-state index contributed by atoms with van der Waals surface area (Å²) < 4.78 is 5.52. The van der Waals surface area contributed by atoms with E-state index in [1.807, 2.05) is 54.6 Å². The van der Waals surface area contributed by atoms with Crippen molar-refractivity contribution in [3.63, 3.8) is 0 Å². The molecule has 33 heavy (non-hydrogen) atoms.